The molecule has 0 bridgehead atoms. The number of halogens is 3. The van der Waals surface area contributed by atoms with Gasteiger partial charge in [0.25, 0.3) is 11.8 Å². The monoisotopic (exact) mass is 434 g/mol. The lowest BCUT2D eigenvalue weighted by Crippen LogP contribution is -2.42. The Hall–Kier alpha value is -1.31. The van der Waals surface area contributed by atoms with Crippen LogP contribution in [0.25, 0.3) is 0 Å². The summed E-state index contributed by atoms with van der Waals surface area (Å²) in [5.74, 6) is -0.922. The van der Waals surface area contributed by atoms with Crippen molar-refractivity contribution in [3.63, 3.8) is 0 Å². The Morgan fingerprint density at radius 1 is 0.905 bits per heavy atom. The third-order valence-corrected chi connectivity index (χ3v) is 4.07. The third kappa shape index (κ3) is 4.09. The summed E-state index contributed by atoms with van der Waals surface area (Å²) in [6, 6.07) is 11.5. The molecule has 0 atom stereocenters. The molecule has 21 heavy (non-hydrogen) atoms. The van der Waals surface area contributed by atoms with Crippen molar-refractivity contribution in [1.82, 2.24) is 10.9 Å². The van der Waals surface area contributed by atoms with Gasteiger partial charge in [0.2, 0.25) is 0 Å². The number of hydrogen-bond donors (Lipinski definition) is 2. The highest BCUT2D eigenvalue weighted by atomic mass is 127. The predicted octanol–water partition coefficient (Wildman–Crippen LogP) is 3.67. The Bertz CT molecular complexity index is 707. The quantitative estimate of drug-likeness (QED) is 0.559. The van der Waals surface area contributed by atoms with Crippen molar-refractivity contribution in [1.29, 1.82) is 0 Å². The molecule has 2 rings (SSSR count). The molecule has 2 aromatic carbocycles. The fraction of sp³-hybridized carbons (Fsp3) is 0. The highest BCUT2D eigenvalue weighted by molar-refractivity contribution is 14.1. The molecule has 0 saturated carbocycles. The van der Waals surface area contributed by atoms with Gasteiger partial charge in [0.15, 0.2) is 0 Å². The molecule has 2 aromatic rings. The topological polar surface area (TPSA) is 58.2 Å². The molecule has 0 fully saturated rings. The van der Waals surface area contributed by atoms with Crippen LogP contribution in [0.3, 0.4) is 0 Å². The Labute approximate surface area is 144 Å². The molecule has 0 saturated heterocycles. The lowest BCUT2D eigenvalue weighted by atomic mass is 10.2. The molecule has 4 nitrogen and oxygen atoms in total. The van der Waals surface area contributed by atoms with Crippen LogP contribution in [0.2, 0.25) is 10.0 Å². The van der Waals surface area contributed by atoms with Crippen LogP contribution in [0.1, 0.15) is 20.7 Å². The van der Waals surface area contributed by atoms with Crippen molar-refractivity contribution in [3.05, 3.63) is 67.2 Å². The molecule has 0 heterocycles. The van der Waals surface area contributed by atoms with E-state index in [1.807, 2.05) is 28.7 Å². The minimum absolute atomic E-state index is 0.212. The summed E-state index contributed by atoms with van der Waals surface area (Å²) in [4.78, 5) is 23.9. The lowest BCUT2D eigenvalue weighted by molar-refractivity contribution is 0.0846. The molecule has 2 amide bonds. The van der Waals surface area contributed by atoms with E-state index in [9.17, 15) is 9.59 Å². The van der Waals surface area contributed by atoms with E-state index in [1.54, 1.807) is 24.3 Å². The van der Waals surface area contributed by atoms with E-state index in [0.29, 0.717) is 10.6 Å². The first kappa shape index (κ1) is 16.1. The summed E-state index contributed by atoms with van der Waals surface area (Å²) in [5, 5.41) is 0.642. The van der Waals surface area contributed by atoms with Gasteiger partial charge in [-0.3, -0.25) is 20.4 Å². The van der Waals surface area contributed by atoms with Gasteiger partial charge in [0.05, 0.1) is 16.1 Å². The zero-order valence-electron chi connectivity index (χ0n) is 10.5. The van der Waals surface area contributed by atoms with Crippen molar-refractivity contribution in [2.24, 2.45) is 0 Å². The maximum Gasteiger partial charge on any atom is 0.271 e. The first-order chi connectivity index (χ1) is 9.99. The van der Waals surface area contributed by atoms with Crippen molar-refractivity contribution in [2.45, 2.75) is 0 Å². The van der Waals surface area contributed by atoms with E-state index >= 15 is 0 Å². The Morgan fingerprint density at radius 3 is 2.14 bits per heavy atom. The number of carbonyl (C=O) groups is 2. The second-order valence-corrected chi connectivity index (χ2v) is 6.02. The molecule has 2 N–H and O–H groups in total. The van der Waals surface area contributed by atoms with Gasteiger partial charge < -0.3 is 0 Å². The van der Waals surface area contributed by atoms with E-state index in [1.165, 1.54) is 12.1 Å². The van der Waals surface area contributed by atoms with Crippen LogP contribution in [-0.4, -0.2) is 11.8 Å². The van der Waals surface area contributed by atoms with Crippen LogP contribution in [0, 0.1) is 3.57 Å². The first-order valence-electron chi connectivity index (χ1n) is 5.79. The molecule has 0 aromatic heterocycles. The number of carbonyl (C=O) groups excluding carboxylic acids is 2. The van der Waals surface area contributed by atoms with Crippen LogP contribution in [-0.2, 0) is 0 Å². The van der Waals surface area contributed by atoms with E-state index in [-0.39, 0.29) is 10.6 Å². The van der Waals surface area contributed by atoms with E-state index in [4.69, 9.17) is 23.2 Å². The Morgan fingerprint density at radius 2 is 1.52 bits per heavy atom. The van der Waals surface area contributed by atoms with Gasteiger partial charge >= 0.3 is 0 Å². The predicted molar refractivity (Wildman–Crippen MR) is 90.6 cm³/mol. The van der Waals surface area contributed by atoms with Gasteiger partial charge in [-0.25, -0.2) is 0 Å². The van der Waals surface area contributed by atoms with E-state index in [0.717, 1.165) is 3.57 Å². The summed E-state index contributed by atoms with van der Waals surface area (Å²) in [6.07, 6.45) is 0. The minimum Gasteiger partial charge on any atom is -0.267 e. The number of rotatable bonds is 2. The van der Waals surface area contributed by atoms with Gasteiger partial charge in [0.1, 0.15) is 0 Å². The van der Waals surface area contributed by atoms with Gasteiger partial charge in [-0.2, -0.15) is 0 Å². The molecule has 0 radical (unpaired) electrons. The smallest absolute Gasteiger partial charge is 0.267 e. The van der Waals surface area contributed by atoms with Crippen LogP contribution in [0.4, 0.5) is 0 Å². The average Bonchev–Trinajstić information content (AvgIpc) is 2.45. The molecule has 0 aliphatic heterocycles. The largest absolute Gasteiger partial charge is 0.271 e. The van der Waals surface area contributed by atoms with Gasteiger partial charge in [0, 0.05) is 8.59 Å². The number of hydrogen-bond acceptors (Lipinski definition) is 2. The molecule has 0 aliphatic rings. The number of hydrazine groups is 1. The van der Waals surface area contributed by atoms with Crippen molar-refractivity contribution in [2.75, 3.05) is 0 Å². The lowest BCUT2D eigenvalue weighted by Gasteiger charge is -2.09. The highest BCUT2D eigenvalue weighted by Gasteiger charge is 2.13. The van der Waals surface area contributed by atoms with Crippen molar-refractivity contribution >= 4 is 57.6 Å². The highest BCUT2D eigenvalue weighted by Crippen LogP contribution is 2.20. The van der Waals surface area contributed by atoms with Crippen LogP contribution in [0.15, 0.2) is 42.5 Å². The van der Waals surface area contributed by atoms with Gasteiger partial charge in [-0.05, 0) is 52.9 Å². The zero-order chi connectivity index (χ0) is 15.4. The normalized spacial score (nSPS) is 10.0. The number of amides is 2. The minimum atomic E-state index is -0.518. The number of nitrogens with one attached hydrogen (secondary N) is 2. The maximum atomic E-state index is 12.0. The summed E-state index contributed by atoms with van der Waals surface area (Å²) >= 11 is 13.7. The SMILES string of the molecule is O=C(NNC(=O)c1ccccc1I)c1ccc(Cl)cc1Cl. The van der Waals surface area contributed by atoms with Crippen LogP contribution >= 0.6 is 45.8 Å². The summed E-state index contributed by atoms with van der Waals surface area (Å²) < 4.78 is 0.784. The maximum absolute atomic E-state index is 12.0. The molecule has 0 spiro atoms. The molecular weight excluding hydrogens is 426 g/mol. The van der Waals surface area contributed by atoms with Crippen LogP contribution in [0.5, 0.6) is 0 Å². The van der Waals surface area contributed by atoms with E-state index < -0.39 is 11.8 Å². The first-order valence-corrected chi connectivity index (χ1v) is 7.63. The molecular formula is C14H9Cl2IN2O2. The van der Waals surface area contributed by atoms with Gasteiger partial charge in [-0.15, -0.1) is 0 Å². The molecule has 0 aliphatic carbocycles. The Balaban J connectivity index is 2.04. The second kappa shape index (κ2) is 7.11. The summed E-state index contributed by atoms with van der Waals surface area (Å²) in [5.41, 5.74) is 5.36. The fourth-order valence-corrected chi connectivity index (χ4v) is 2.69. The van der Waals surface area contributed by atoms with Gasteiger partial charge in [-0.1, -0.05) is 35.3 Å². The van der Waals surface area contributed by atoms with E-state index in [2.05, 4.69) is 10.9 Å². The molecule has 108 valence electrons. The third-order valence-electron chi connectivity index (χ3n) is 2.58. The van der Waals surface area contributed by atoms with Crippen LogP contribution < -0.4 is 10.9 Å². The second-order valence-electron chi connectivity index (χ2n) is 4.01. The fourth-order valence-electron chi connectivity index (χ4n) is 1.57. The molecule has 7 heteroatoms. The van der Waals surface area contributed by atoms with Crippen molar-refractivity contribution < 1.29 is 9.59 Å². The standard InChI is InChI=1S/C14H9Cl2IN2O2/c15-8-5-6-9(11(16)7-8)13(20)18-19-14(21)10-3-1-2-4-12(10)17/h1-7H,(H,18,20)(H,19,21). The number of benzene rings is 2. The average molecular weight is 435 g/mol. The summed E-state index contributed by atoms with van der Waals surface area (Å²) in [6.45, 7) is 0. The Kier molecular flexibility index (Phi) is 5.44. The zero-order valence-corrected chi connectivity index (χ0v) is 14.2. The molecule has 0 unspecified atom stereocenters. The summed E-state index contributed by atoms with van der Waals surface area (Å²) in [7, 11) is 0. The van der Waals surface area contributed by atoms with Crippen molar-refractivity contribution in [3.8, 4) is 0 Å².